The molecule has 1 unspecified atom stereocenters. The first kappa shape index (κ1) is 13.8. The first-order valence-electron chi connectivity index (χ1n) is 6.50. The molecule has 19 heavy (non-hydrogen) atoms. The molecule has 0 bridgehead atoms. The number of esters is 1. The second kappa shape index (κ2) is 6.04. The van der Waals surface area contributed by atoms with Gasteiger partial charge in [-0.05, 0) is 19.2 Å². The Bertz CT molecular complexity index is 450. The summed E-state index contributed by atoms with van der Waals surface area (Å²) in [6.07, 6.45) is 0. The Hall–Kier alpha value is -1.59. The molecular formula is C14H21N3O2. The fraction of sp³-hybridized carbons (Fsp3) is 0.500. The highest BCUT2D eigenvalue weighted by molar-refractivity contribution is 5.95. The minimum Gasteiger partial charge on any atom is -0.465 e. The highest BCUT2D eigenvalue weighted by Crippen LogP contribution is 2.25. The molecule has 0 amide bonds. The normalized spacial score (nSPS) is 20.4. The smallest absolute Gasteiger partial charge is 0.339 e. The average Bonchev–Trinajstić information content (AvgIpc) is 2.46. The van der Waals surface area contributed by atoms with E-state index < -0.39 is 0 Å². The van der Waals surface area contributed by atoms with Gasteiger partial charge in [0.2, 0.25) is 0 Å². The van der Waals surface area contributed by atoms with E-state index in [1.165, 1.54) is 7.11 Å². The van der Waals surface area contributed by atoms with Crippen LogP contribution in [0.2, 0.25) is 0 Å². The Morgan fingerprint density at radius 2 is 2.16 bits per heavy atom. The maximum atomic E-state index is 11.8. The van der Waals surface area contributed by atoms with Crippen molar-refractivity contribution in [2.45, 2.75) is 6.04 Å². The number of nitrogens with zero attached hydrogens (tertiary/aromatic N) is 2. The number of hydrogen-bond acceptors (Lipinski definition) is 5. The van der Waals surface area contributed by atoms with E-state index in [1.807, 2.05) is 18.2 Å². The number of carbonyl (C=O) groups excluding carboxylic acids is 1. The van der Waals surface area contributed by atoms with E-state index in [4.69, 9.17) is 10.5 Å². The van der Waals surface area contributed by atoms with Gasteiger partial charge >= 0.3 is 5.97 Å². The number of ether oxygens (including phenoxy) is 1. The Balaban J connectivity index is 2.32. The zero-order valence-electron chi connectivity index (χ0n) is 11.5. The number of anilines is 1. The molecule has 0 aliphatic carbocycles. The molecule has 1 aromatic carbocycles. The summed E-state index contributed by atoms with van der Waals surface area (Å²) in [6, 6.07) is 7.77. The van der Waals surface area contributed by atoms with Gasteiger partial charge in [0.15, 0.2) is 0 Å². The van der Waals surface area contributed by atoms with Crippen LogP contribution < -0.4 is 10.6 Å². The summed E-state index contributed by atoms with van der Waals surface area (Å²) < 4.78 is 4.85. The second-order valence-electron chi connectivity index (χ2n) is 4.85. The van der Waals surface area contributed by atoms with Crippen LogP contribution in [0.5, 0.6) is 0 Å². The Morgan fingerprint density at radius 3 is 2.84 bits per heavy atom. The Morgan fingerprint density at radius 1 is 1.42 bits per heavy atom. The molecular weight excluding hydrogens is 242 g/mol. The zero-order valence-corrected chi connectivity index (χ0v) is 11.5. The van der Waals surface area contributed by atoms with Gasteiger partial charge in [0.25, 0.3) is 0 Å². The molecule has 1 aliphatic rings. The molecule has 0 saturated carbocycles. The molecule has 104 valence electrons. The van der Waals surface area contributed by atoms with Crippen molar-refractivity contribution in [2.75, 3.05) is 45.2 Å². The summed E-state index contributed by atoms with van der Waals surface area (Å²) >= 11 is 0. The number of rotatable bonds is 3. The van der Waals surface area contributed by atoms with Crippen LogP contribution >= 0.6 is 0 Å². The van der Waals surface area contributed by atoms with Crippen LogP contribution in [-0.4, -0.2) is 57.2 Å². The van der Waals surface area contributed by atoms with Crippen LogP contribution in [0.1, 0.15) is 10.4 Å². The largest absolute Gasteiger partial charge is 0.465 e. The first-order chi connectivity index (χ1) is 9.17. The molecule has 2 N–H and O–H groups in total. The zero-order chi connectivity index (χ0) is 13.8. The molecule has 0 radical (unpaired) electrons. The third kappa shape index (κ3) is 2.88. The Kier molecular flexibility index (Phi) is 4.39. The molecule has 1 aromatic rings. The van der Waals surface area contributed by atoms with Gasteiger partial charge in [0.1, 0.15) is 0 Å². The minimum atomic E-state index is -0.301. The van der Waals surface area contributed by atoms with Crippen LogP contribution in [0, 0.1) is 0 Å². The molecule has 5 nitrogen and oxygen atoms in total. The third-order valence-corrected chi connectivity index (χ3v) is 3.58. The van der Waals surface area contributed by atoms with Crippen LogP contribution in [0.15, 0.2) is 24.3 Å². The minimum absolute atomic E-state index is 0.226. The van der Waals surface area contributed by atoms with Gasteiger partial charge in [-0.15, -0.1) is 0 Å². The van der Waals surface area contributed by atoms with Crippen molar-refractivity contribution in [3.63, 3.8) is 0 Å². The number of para-hydroxylation sites is 1. The van der Waals surface area contributed by atoms with Crippen molar-refractivity contribution in [3.05, 3.63) is 29.8 Å². The average molecular weight is 263 g/mol. The third-order valence-electron chi connectivity index (χ3n) is 3.58. The van der Waals surface area contributed by atoms with E-state index in [1.54, 1.807) is 6.07 Å². The molecule has 2 rings (SSSR count). The van der Waals surface area contributed by atoms with E-state index in [-0.39, 0.29) is 12.0 Å². The van der Waals surface area contributed by atoms with E-state index >= 15 is 0 Å². The van der Waals surface area contributed by atoms with Crippen LogP contribution in [-0.2, 0) is 4.74 Å². The highest BCUT2D eigenvalue weighted by Gasteiger charge is 2.27. The number of nitrogens with two attached hydrogens (primary N) is 1. The number of methoxy groups -OCH3 is 1. The summed E-state index contributed by atoms with van der Waals surface area (Å²) in [6.45, 7) is 3.31. The van der Waals surface area contributed by atoms with E-state index in [2.05, 4.69) is 16.8 Å². The lowest BCUT2D eigenvalue weighted by molar-refractivity contribution is 0.0601. The molecule has 1 fully saturated rings. The predicted octanol–water partition coefficient (Wildman–Crippen LogP) is 0.552. The van der Waals surface area contributed by atoms with E-state index in [0.29, 0.717) is 12.1 Å². The number of carbonyl (C=O) groups is 1. The van der Waals surface area contributed by atoms with Gasteiger partial charge in [-0.1, -0.05) is 12.1 Å². The van der Waals surface area contributed by atoms with Gasteiger partial charge in [0.05, 0.1) is 24.4 Å². The van der Waals surface area contributed by atoms with E-state index in [9.17, 15) is 4.79 Å². The number of benzene rings is 1. The lowest BCUT2D eigenvalue weighted by Crippen LogP contribution is -2.55. The van der Waals surface area contributed by atoms with Crippen molar-refractivity contribution in [2.24, 2.45) is 5.73 Å². The molecule has 1 atom stereocenters. The van der Waals surface area contributed by atoms with Crippen LogP contribution in [0.4, 0.5) is 5.69 Å². The standard InChI is InChI=1S/C14H21N3O2/c1-16-7-8-17(11(9-15)10-16)13-6-4-3-5-12(13)14(18)19-2/h3-6,11H,7-10,15H2,1-2H3. The summed E-state index contributed by atoms with van der Waals surface area (Å²) in [7, 11) is 3.50. The predicted molar refractivity (Wildman–Crippen MR) is 75.5 cm³/mol. The summed E-state index contributed by atoms with van der Waals surface area (Å²) in [5.41, 5.74) is 7.39. The maximum absolute atomic E-state index is 11.8. The molecule has 1 heterocycles. The molecule has 1 aliphatic heterocycles. The fourth-order valence-electron chi connectivity index (χ4n) is 2.54. The lowest BCUT2D eigenvalue weighted by atomic mass is 10.1. The molecule has 0 spiro atoms. The van der Waals surface area contributed by atoms with Crippen molar-refractivity contribution < 1.29 is 9.53 Å². The first-order valence-corrected chi connectivity index (χ1v) is 6.50. The van der Waals surface area contributed by atoms with Gasteiger partial charge < -0.3 is 20.3 Å². The van der Waals surface area contributed by atoms with Gasteiger partial charge in [-0.3, -0.25) is 0 Å². The van der Waals surface area contributed by atoms with Crippen LogP contribution in [0.3, 0.4) is 0 Å². The van der Waals surface area contributed by atoms with Gasteiger partial charge in [-0.25, -0.2) is 4.79 Å². The maximum Gasteiger partial charge on any atom is 0.339 e. The quantitative estimate of drug-likeness (QED) is 0.807. The number of likely N-dealkylation sites (N-methyl/N-ethyl adjacent to an activating group) is 1. The monoisotopic (exact) mass is 263 g/mol. The highest BCUT2D eigenvalue weighted by atomic mass is 16.5. The number of hydrogen-bond donors (Lipinski definition) is 1. The van der Waals surface area contributed by atoms with Gasteiger partial charge in [0, 0.05) is 26.2 Å². The topological polar surface area (TPSA) is 58.8 Å². The van der Waals surface area contributed by atoms with E-state index in [0.717, 1.165) is 25.3 Å². The molecule has 0 aromatic heterocycles. The van der Waals surface area contributed by atoms with Crippen LogP contribution in [0.25, 0.3) is 0 Å². The fourth-order valence-corrected chi connectivity index (χ4v) is 2.54. The van der Waals surface area contributed by atoms with Gasteiger partial charge in [-0.2, -0.15) is 0 Å². The summed E-state index contributed by atoms with van der Waals surface area (Å²) in [5, 5.41) is 0. The van der Waals surface area contributed by atoms with Crippen molar-refractivity contribution >= 4 is 11.7 Å². The summed E-state index contributed by atoms with van der Waals surface area (Å²) in [4.78, 5) is 16.3. The van der Waals surface area contributed by atoms with Crippen molar-refractivity contribution in [1.29, 1.82) is 0 Å². The van der Waals surface area contributed by atoms with Crippen molar-refractivity contribution in [1.82, 2.24) is 4.90 Å². The second-order valence-corrected chi connectivity index (χ2v) is 4.85. The number of piperazine rings is 1. The molecule has 1 saturated heterocycles. The van der Waals surface area contributed by atoms with Crippen molar-refractivity contribution in [3.8, 4) is 0 Å². The lowest BCUT2D eigenvalue weighted by Gasteiger charge is -2.41. The molecule has 5 heteroatoms. The Labute approximate surface area is 113 Å². The summed E-state index contributed by atoms with van der Waals surface area (Å²) in [5.74, 6) is -0.301. The SMILES string of the molecule is COC(=O)c1ccccc1N1CCN(C)CC1CN.